The van der Waals surface area contributed by atoms with Gasteiger partial charge in [0, 0.05) is 25.8 Å². The lowest BCUT2D eigenvalue weighted by molar-refractivity contribution is -0.0665. The smallest absolute Gasteiger partial charge is 0.411 e. The number of carbonyl (C=O) groups is 1. The van der Waals surface area contributed by atoms with E-state index in [9.17, 15) is 4.79 Å². The summed E-state index contributed by atoms with van der Waals surface area (Å²) in [7, 11) is 1.57. The number of rotatable bonds is 6. The van der Waals surface area contributed by atoms with Crippen molar-refractivity contribution in [1.29, 1.82) is 0 Å². The molecule has 12 heteroatoms. The topological polar surface area (TPSA) is 130 Å². The maximum absolute atomic E-state index is 12.9. The predicted molar refractivity (Wildman–Crippen MR) is 140 cm³/mol. The Morgan fingerprint density at radius 1 is 1.16 bits per heavy atom. The molecule has 3 aromatic rings. The van der Waals surface area contributed by atoms with Crippen LogP contribution in [-0.4, -0.2) is 88.9 Å². The van der Waals surface area contributed by atoms with Crippen LogP contribution in [0.1, 0.15) is 20.8 Å². The molecule has 12 nitrogen and oxygen atoms in total. The van der Waals surface area contributed by atoms with Gasteiger partial charge in [0.05, 0.1) is 49.1 Å². The average molecular weight is 524 g/mol. The number of nitrogens with two attached hydrogens (primary N) is 1. The molecule has 5 rings (SSSR count). The van der Waals surface area contributed by atoms with Crippen LogP contribution in [0.4, 0.5) is 16.3 Å². The first-order valence-electron chi connectivity index (χ1n) is 12.5. The summed E-state index contributed by atoms with van der Waals surface area (Å²) in [6.45, 7) is 7.84. The van der Waals surface area contributed by atoms with E-state index in [0.29, 0.717) is 43.4 Å². The van der Waals surface area contributed by atoms with Gasteiger partial charge in [0.1, 0.15) is 17.0 Å². The standard InChI is InChI=1S/C26H33N7O5/c1-26(2,3)38-25(34)33-18-11-31(12-19(33)15-36-14-18)17-10-28-32(13-17)22-9-21(29-30-24(22)27)20-7-5-6-8-23(20)37-16-35-4/h5-10,13,18-19H,11-12,14-16H2,1-4H3,(H2,27,30). The van der Waals surface area contributed by atoms with Crippen LogP contribution in [0.15, 0.2) is 42.7 Å². The summed E-state index contributed by atoms with van der Waals surface area (Å²) in [6, 6.07) is 9.10. The molecule has 38 heavy (non-hydrogen) atoms. The second-order valence-corrected chi connectivity index (χ2v) is 10.3. The largest absolute Gasteiger partial charge is 0.467 e. The first-order chi connectivity index (χ1) is 18.2. The van der Waals surface area contributed by atoms with E-state index in [2.05, 4.69) is 20.2 Å². The van der Waals surface area contributed by atoms with E-state index in [1.807, 2.05) is 62.2 Å². The van der Waals surface area contributed by atoms with Gasteiger partial charge in [0.25, 0.3) is 0 Å². The summed E-state index contributed by atoms with van der Waals surface area (Å²) < 4.78 is 23.8. The van der Waals surface area contributed by atoms with Crippen LogP contribution >= 0.6 is 0 Å². The third kappa shape index (κ3) is 5.36. The Bertz CT molecular complexity index is 1280. The second-order valence-electron chi connectivity index (χ2n) is 10.3. The van der Waals surface area contributed by atoms with Crippen molar-refractivity contribution in [1.82, 2.24) is 24.9 Å². The summed E-state index contributed by atoms with van der Waals surface area (Å²) >= 11 is 0. The highest BCUT2D eigenvalue weighted by atomic mass is 16.7. The van der Waals surface area contributed by atoms with Gasteiger partial charge < -0.3 is 29.6 Å². The van der Waals surface area contributed by atoms with Crippen LogP contribution < -0.4 is 15.4 Å². The number of hydrogen-bond donors (Lipinski definition) is 1. The van der Waals surface area contributed by atoms with Gasteiger partial charge in [0.2, 0.25) is 0 Å². The zero-order chi connectivity index (χ0) is 26.9. The average Bonchev–Trinajstić information content (AvgIpc) is 3.36. The van der Waals surface area contributed by atoms with Gasteiger partial charge in [0.15, 0.2) is 12.6 Å². The number of aromatic nitrogens is 4. The monoisotopic (exact) mass is 523 g/mol. The Balaban J connectivity index is 1.37. The maximum atomic E-state index is 12.9. The molecule has 2 saturated heterocycles. The number of carbonyl (C=O) groups excluding carboxylic acids is 1. The van der Waals surface area contributed by atoms with Crippen LogP contribution in [0.3, 0.4) is 0 Å². The van der Waals surface area contributed by atoms with E-state index in [4.69, 9.17) is 24.7 Å². The highest BCUT2D eigenvalue weighted by molar-refractivity contribution is 5.71. The van der Waals surface area contributed by atoms with Gasteiger partial charge in [-0.15, -0.1) is 10.2 Å². The Kier molecular flexibility index (Phi) is 7.09. The third-order valence-electron chi connectivity index (χ3n) is 6.35. The number of methoxy groups -OCH3 is 1. The molecule has 0 radical (unpaired) electrons. The van der Waals surface area contributed by atoms with Gasteiger partial charge in [-0.1, -0.05) is 12.1 Å². The number of piperazine rings is 1. The second kappa shape index (κ2) is 10.5. The molecular formula is C26H33N7O5. The molecule has 1 aromatic carbocycles. The lowest BCUT2D eigenvalue weighted by Crippen LogP contribution is -2.66. The number of nitrogen functional groups attached to an aromatic ring is 1. The van der Waals surface area contributed by atoms with Crippen molar-refractivity contribution < 1.29 is 23.7 Å². The van der Waals surface area contributed by atoms with Crippen molar-refractivity contribution in [2.24, 2.45) is 0 Å². The fourth-order valence-corrected chi connectivity index (χ4v) is 4.73. The van der Waals surface area contributed by atoms with Crippen molar-refractivity contribution in [3.8, 4) is 22.7 Å². The Hall–Kier alpha value is -3.90. The molecule has 202 valence electrons. The number of fused-ring (bicyclic) bond motifs is 2. The number of ether oxygens (including phenoxy) is 4. The van der Waals surface area contributed by atoms with E-state index in [0.717, 1.165) is 11.3 Å². The van der Waals surface area contributed by atoms with E-state index < -0.39 is 5.60 Å². The fraction of sp³-hybridized carbons (Fsp3) is 0.462. The molecule has 2 aliphatic rings. The van der Waals surface area contributed by atoms with Gasteiger partial charge in [-0.2, -0.15) is 5.10 Å². The number of amides is 1. The molecule has 2 aliphatic heterocycles. The van der Waals surface area contributed by atoms with Crippen LogP contribution in [0.2, 0.25) is 0 Å². The molecule has 2 aromatic heterocycles. The van der Waals surface area contributed by atoms with E-state index in [1.165, 1.54) is 0 Å². The van der Waals surface area contributed by atoms with Crippen molar-refractivity contribution in [2.45, 2.75) is 38.5 Å². The van der Waals surface area contributed by atoms with Gasteiger partial charge in [-0.3, -0.25) is 4.90 Å². The minimum atomic E-state index is -0.557. The SMILES string of the molecule is COCOc1ccccc1-c1cc(-n2cc(N3CC4COCC(C3)N4C(=O)OC(C)(C)C)cn2)c(N)nn1. The number of hydrogen-bond acceptors (Lipinski definition) is 10. The minimum absolute atomic E-state index is 0.114. The van der Waals surface area contributed by atoms with Gasteiger partial charge in [-0.25, -0.2) is 9.48 Å². The molecule has 2 bridgehead atoms. The summed E-state index contributed by atoms with van der Waals surface area (Å²) in [5.74, 6) is 0.871. The molecule has 2 atom stereocenters. The highest BCUT2D eigenvalue weighted by Gasteiger charge is 2.43. The fourth-order valence-electron chi connectivity index (χ4n) is 4.73. The summed E-state index contributed by atoms with van der Waals surface area (Å²) in [6.07, 6.45) is 3.39. The summed E-state index contributed by atoms with van der Waals surface area (Å²) in [4.78, 5) is 16.9. The molecule has 0 aliphatic carbocycles. The molecule has 0 spiro atoms. The zero-order valence-electron chi connectivity index (χ0n) is 22.0. The first-order valence-corrected chi connectivity index (χ1v) is 12.5. The molecular weight excluding hydrogens is 490 g/mol. The molecule has 0 saturated carbocycles. The van der Waals surface area contributed by atoms with Crippen LogP contribution in [0.5, 0.6) is 5.75 Å². The number of benzene rings is 1. The predicted octanol–water partition coefficient (Wildman–Crippen LogP) is 2.72. The third-order valence-corrected chi connectivity index (χ3v) is 6.35. The van der Waals surface area contributed by atoms with E-state index in [1.54, 1.807) is 18.0 Å². The summed E-state index contributed by atoms with van der Waals surface area (Å²) in [5.41, 5.74) is 8.51. The van der Waals surface area contributed by atoms with Crippen molar-refractivity contribution in [3.05, 3.63) is 42.7 Å². The molecule has 2 unspecified atom stereocenters. The highest BCUT2D eigenvalue weighted by Crippen LogP contribution is 2.32. The lowest BCUT2D eigenvalue weighted by atomic mass is 10.0. The summed E-state index contributed by atoms with van der Waals surface area (Å²) in [5, 5.41) is 13.0. The maximum Gasteiger partial charge on any atom is 0.411 e. The Morgan fingerprint density at radius 3 is 2.61 bits per heavy atom. The first kappa shape index (κ1) is 25.7. The van der Waals surface area contributed by atoms with Crippen molar-refractivity contribution in [3.63, 3.8) is 0 Å². The zero-order valence-corrected chi connectivity index (χ0v) is 22.0. The van der Waals surface area contributed by atoms with Crippen LogP contribution in [-0.2, 0) is 14.2 Å². The van der Waals surface area contributed by atoms with Gasteiger partial charge >= 0.3 is 6.09 Å². The quantitative estimate of drug-likeness (QED) is 0.481. The van der Waals surface area contributed by atoms with E-state index >= 15 is 0 Å². The number of anilines is 2. The molecule has 2 N–H and O–H groups in total. The Labute approximate surface area is 221 Å². The molecule has 1 amide bonds. The van der Waals surface area contributed by atoms with Crippen molar-refractivity contribution in [2.75, 3.05) is 50.8 Å². The van der Waals surface area contributed by atoms with Gasteiger partial charge in [-0.05, 0) is 39.0 Å². The number of morpholine rings is 1. The van der Waals surface area contributed by atoms with E-state index in [-0.39, 0.29) is 30.8 Å². The normalized spacial score (nSPS) is 19.4. The minimum Gasteiger partial charge on any atom is -0.467 e. The number of para-hydroxylation sites is 1. The number of nitrogens with zero attached hydrogens (tertiary/aromatic N) is 6. The lowest BCUT2D eigenvalue weighted by Gasteiger charge is -2.49. The molecule has 2 fully saturated rings. The van der Waals surface area contributed by atoms with Crippen LogP contribution in [0, 0.1) is 0 Å². The Morgan fingerprint density at radius 2 is 1.89 bits per heavy atom. The van der Waals surface area contributed by atoms with Crippen LogP contribution in [0.25, 0.3) is 16.9 Å². The van der Waals surface area contributed by atoms with Crippen molar-refractivity contribution >= 4 is 17.6 Å². The molecule has 4 heterocycles.